The number of nitro benzene ring substituents is 1. The first kappa shape index (κ1) is 14.9. The fraction of sp³-hybridized carbons (Fsp3) is 0.154. The maximum atomic E-state index is 12.2. The van der Waals surface area contributed by atoms with Crippen LogP contribution in [0.5, 0.6) is 5.75 Å². The molecule has 2 rings (SSSR count). The highest BCUT2D eigenvalue weighted by atomic mass is 32.2. The summed E-state index contributed by atoms with van der Waals surface area (Å²) in [6.07, 6.45) is 1.46. The van der Waals surface area contributed by atoms with Gasteiger partial charge in [0.05, 0.1) is 28.4 Å². The van der Waals surface area contributed by atoms with Crippen LogP contribution in [0.4, 0.5) is 5.69 Å². The van der Waals surface area contributed by atoms with Gasteiger partial charge in [0.15, 0.2) is 9.84 Å². The summed E-state index contributed by atoms with van der Waals surface area (Å²) in [6, 6.07) is 7.89. The maximum absolute atomic E-state index is 12.2. The molecule has 0 fully saturated rings. The molecule has 0 N–H and O–H groups in total. The Morgan fingerprint density at radius 2 is 1.90 bits per heavy atom. The SMILES string of the molecule is COc1ccnc(CS(=O)(=O)c2ccc([N+](=O)[O-])cc2)c1. The van der Waals surface area contributed by atoms with Crippen LogP contribution in [0, 0.1) is 10.1 Å². The summed E-state index contributed by atoms with van der Waals surface area (Å²) in [4.78, 5) is 14.0. The fourth-order valence-corrected chi connectivity index (χ4v) is 2.98. The molecule has 8 heteroatoms. The van der Waals surface area contributed by atoms with Crippen LogP contribution in [-0.2, 0) is 15.6 Å². The second-order valence-corrected chi connectivity index (χ2v) is 6.19. The van der Waals surface area contributed by atoms with Gasteiger partial charge in [0.25, 0.3) is 5.69 Å². The zero-order chi connectivity index (χ0) is 15.5. The lowest BCUT2D eigenvalue weighted by Crippen LogP contribution is -2.06. The topological polar surface area (TPSA) is 99.4 Å². The van der Waals surface area contributed by atoms with Gasteiger partial charge in [0, 0.05) is 24.4 Å². The third kappa shape index (κ3) is 3.54. The summed E-state index contributed by atoms with van der Waals surface area (Å²) >= 11 is 0. The average Bonchev–Trinajstić information content (AvgIpc) is 2.47. The molecule has 1 heterocycles. The summed E-state index contributed by atoms with van der Waals surface area (Å²) in [7, 11) is -2.15. The molecule has 0 aliphatic heterocycles. The highest BCUT2D eigenvalue weighted by molar-refractivity contribution is 7.90. The predicted molar refractivity (Wildman–Crippen MR) is 74.8 cm³/mol. The Hall–Kier alpha value is -2.48. The average molecular weight is 308 g/mol. The third-order valence-corrected chi connectivity index (χ3v) is 4.43. The maximum Gasteiger partial charge on any atom is 0.269 e. The van der Waals surface area contributed by atoms with Crippen molar-refractivity contribution in [3.05, 3.63) is 58.4 Å². The number of hydrogen-bond donors (Lipinski definition) is 0. The second kappa shape index (κ2) is 5.88. The fourth-order valence-electron chi connectivity index (χ4n) is 1.72. The van der Waals surface area contributed by atoms with Crippen molar-refractivity contribution in [2.45, 2.75) is 10.6 Å². The molecule has 0 unspecified atom stereocenters. The van der Waals surface area contributed by atoms with Crippen molar-refractivity contribution in [3.8, 4) is 5.75 Å². The highest BCUT2D eigenvalue weighted by Gasteiger charge is 2.18. The Morgan fingerprint density at radius 1 is 1.24 bits per heavy atom. The van der Waals surface area contributed by atoms with Crippen LogP contribution >= 0.6 is 0 Å². The Labute approximate surface area is 121 Å². The van der Waals surface area contributed by atoms with Crippen molar-refractivity contribution in [2.75, 3.05) is 7.11 Å². The first-order valence-corrected chi connectivity index (χ1v) is 7.54. The Morgan fingerprint density at radius 3 is 2.48 bits per heavy atom. The minimum absolute atomic E-state index is 0.0118. The first-order valence-electron chi connectivity index (χ1n) is 5.88. The van der Waals surface area contributed by atoms with Crippen molar-refractivity contribution in [2.24, 2.45) is 0 Å². The molecule has 1 aromatic heterocycles. The second-order valence-electron chi connectivity index (χ2n) is 4.20. The number of rotatable bonds is 5. The molecule has 0 spiro atoms. The number of nitro groups is 1. The van der Waals surface area contributed by atoms with Crippen molar-refractivity contribution < 1.29 is 18.1 Å². The van der Waals surface area contributed by atoms with Gasteiger partial charge in [-0.15, -0.1) is 0 Å². The molecule has 0 aliphatic rings. The van der Waals surface area contributed by atoms with Crippen LogP contribution in [0.25, 0.3) is 0 Å². The number of aromatic nitrogens is 1. The number of hydrogen-bond acceptors (Lipinski definition) is 6. The molecule has 21 heavy (non-hydrogen) atoms. The zero-order valence-electron chi connectivity index (χ0n) is 11.1. The summed E-state index contributed by atoms with van der Waals surface area (Å²) in [5.74, 6) is 0.209. The smallest absolute Gasteiger partial charge is 0.269 e. The van der Waals surface area contributed by atoms with Gasteiger partial charge in [-0.25, -0.2) is 8.42 Å². The van der Waals surface area contributed by atoms with E-state index in [1.54, 1.807) is 6.07 Å². The van der Waals surface area contributed by atoms with E-state index < -0.39 is 14.8 Å². The predicted octanol–water partition coefficient (Wildman–Crippen LogP) is 1.97. The van der Waals surface area contributed by atoms with Gasteiger partial charge in [-0.1, -0.05) is 0 Å². The lowest BCUT2D eigenvalue weighted by Gasteiger charge is -2.05. The molecular formula is C13H12N2O5S. The number of methoxy groups -OCH3 is 1. The van der Waals surface area contributed by atoms with Crippen LogP contribution in [0.1, 0.15) is 5.69 Å². The molecule has 1 aromatic carbocycles. The molecule has 0 saturated heterocycles. The molecule has 0 atom stereocenters. The molecular weight excluding hydrogens is 296 g/mol. The van der Waals surface area contributed by atoms with E-state index in [1.807, 2.05) is 0 Å². The lowest BCUT2D eigenvalue weighted by molar-refractivity contribution is -0.384. The first-order chi connectivity index (χ1) is 9.92. The summed E-state index contributed by atoms with van der Waals surface area (Å²) in [5, 5.41) is 10.6. The molecule has 2 aromatic rings. The summed E-state index contributed by atoms with van der Waals surface area (Å²) in [5.41, 5.74) is 0.182. The standard InChI is InChI=1S/C13H12N2O5S/c1-20-12-6-7-14-10(8-12)9-21(18,19)13-4-2-11(3-5-13)15(16)17/h2-8H,9H2,1H3. The van der Waals surface area contributed by atoms with Crippen molar-refractivity contribution >= 4 is 15.5 Å². The van der Waals surface area contributed by atoms with Gasteiger partial charge in [0.2, 0.25) is 0 Å². The van der Waals surface area contributed by atoms with Crippen molar-refractivity contribution in [1.29, 1.82) is 0 Å². The van der Waals surface area contributed by atoms with Crippen LogP contribution in [-0.4, -0.2) is 25.4 Å². The quantitative estimate of drug-likeness (QED) is 0.618. The van der Waals surface area contributed by atoms with Crippen molar-refractivity contribution in [1.82, 2.24) is 4.98 Å². The number of pyridine rings is 1. The minimum atomic E-state index is -3.62. The van der Waals surface area contributed by atoms with E-state index >= 15 is 0 Å². The van der Waals surface area contributed by atoms with E-state index in [-0.39, 0.29) is 16.3 Å². The number of nitrogens with zero attached hydrogens (tertiary/aromatic N) is 2. The highest BCUT2D eigenvalue weighted by Crippen LogP contribution is 2.20. The number of non-ortho nitro benzene ring substituents is 1. The minimum Gasteiger partial charge on any atom is -0.497 e. The van der Waals surface area contributed by atoms with Crippen LogP contribution in [0.2, 0.25) is 0 Å². The van der Waals surface area contributed by atoms with Gasteiger partial charge in [-0.05, 0) is 18.2 Å². The molecule has 0 radical (unpaired) electrons. The Bertz CT molecular complexity index is 756. The molecule has 0 bridgehead atoms. The molecule has 7 nitrogen and oxygen atoms in total. The monoisotopic (exact) mass is 308 g/mol. The lowest BCUT2D eigenvalue weighted by atomic mass is 10.3. The molecule has 0 saturated carbocycles. The number of sulfone groups is 1. The van der Waals surface area contributed by atoms with Crippen LogP contribution < -0.4 is 4.74 Å². The largest absolute Gasteiger partial charge is 0.497 e. The van der Waals surface area contributed by atoms with E-state index in [0.717, 1.165) is 12.1 Å². The third-order valence-electron chi connectivity index (χ3n) is 2.77. The van der Waals surface area contributed by atoms with Gasteiger partial charge in [0.1, 0.15) is 5.75 Å². The molecule has 0 amide bonds. The normalized spacial score (nSPS) is 11.1. The molecule has 0 aliphatic carbocycles. The van der Waals surface area contributed by atoms with Crippen LogP contribution in [0.3, 0.4) is 0 Å². The summed E-state index contributed by atoms with van der Waals surface area (Å²) in [6.45, 7) is 0. The van der Waals surface area contributed by atoms with E-state index in [4.69, 9.17) is 4.74 Å². The number of ether oxygens (including phenoxy) is 1. The van der Waals surface area contributed by atoms with E-state index in [1.165, 1.54) is 31.5 Å². The van der Waals surface area contributed by atoms with E-state index in [2.05, 4.69) is 4.98 Å². The van der Waals surface area contributed by atoms with E-state index in [0.29, 0.717) is 11.4 Å². The van der Waals surface area contributed by atoms with Gasteiger partial charge in [-0.2, -0.15) is 0 Å². The van der Waals surface area contributed by atoms with Crippen LogP contribution in [0.15, 0.2) is 47.5 Å². The molecule has 110 valence electrons. The number of benzene rings is 1. The zero-order valence-corrected chi connectivity index (χ0v) is 11.9. The Kier molecular flexibility index (Phi) is 4.18. The van der Waals surface area contributed by atoms with Gasteiger partial charge in [-0.3, -0.25) is 15.1 Å². The Balaban J connectivity index is 2.27. The summed E-state index contributed by atoms with van der Waals surface area (Å²) < 4.78 is 29.5. The van der Waals surface area contributed by atoms with Gasteiger partial charge >= 0.3 is 0 Å². The van der Waals surface area contributed by atoms with Crippen molar-refractivity contribution in [3.63, 3.8) is 0 Å². The van der Waals surface area contributed by atoms with E-state index in [9.17, 15) is 18.5 Å². The van der Waals surface area contributed by atoms with Gasteiger partial charge < -0.3 is 4.74 Å².